The number of aromatic nitrogens is 3. The average molecular weight is 824 g/mol. The zero-order chi connectivity index (χ0) is 40.4. The van der Waals surface area contributed by atoms with Crippen molar-refractivity contribution in [2.24, 2.45) is 10.2 Å². The van der Waals surface area contributed by atoms with Gasteiger partial charge in [0.2, 0.25) is 11.9 Å². The quantitative estimate of drug-likeness (QED) is 0.0475. The van der Waals surface area contributed by atoms with Gasteiger partial charge < -0.3 is 20.5 Å². The van der Waals surface area contributed by atoms with Crippen LogP contribution < -0.4 is 10.6 Å². The molecule has 0 saturated heterocycles. The van der Waals surface area contributed by atoms with Crippen LogP contribution in [0, 0.1) is 0 Å². The van der Waals surface area contributed by atoms with Crippen LogP contribution in [0.5, 0.6) is 5.75 Å². The van der Waals surface area contributed by atoms with Crippen LogP contribution in [0.1, 0.15) is 15.9 Å². The summed E-state index contributed by atoms with van der Waals surface area (Å²) >= 11 is 0. The van der Waals surface area contributed by atoms with Gasteiger partial charge in [-0.25, -0.2) is 14.8 Å². The van der Waals surface area contributed by atoms with Crippen LogP contribution in [0.2, 0.25) is 0 Å². The molecule has 0 aliphatic carbocycles. The fourth-order valence-electron chi connectivity index (χ4n) is 5.53. The van der Waals surface area contributed by atoms with Gasteiger partial charge in [-0.05, 0) is 59.3 Å². The molecule has 22 heteroatoms. The molecule has 0 bridgehead atoms. The number of esters is 1. The maximum atomic E-state index is 13.1. The summed E-state index contributed by atoms with van der Waals surface area (Å²) < 4.78 is 100. The summed E-state index contributed by atoms with van der Waals surface area (Å²) in [6.45, 7) is 0. The molecule has 0 fully saturated rings. The zero-order valence-corrected chi connectivity index (χ0v) is 31.7. The largest absolute Gasteiger partial charge is 0.505 e. The van der Waals surface area contributed by atoms with Crippen molar-refractivity contribution in [3.05, 3.63) is 96.3 Å². The van der Waals surface area contributed by atoms with E-state index in [0.717, 1.165) is 38.7 Å². The van der Waals surface area contributed by atoms with Crippen molar-refractivity contribution < 1.29 is 52.8 Å². The van der Waals surface area contributed by atoms with E-state index < -0.39 is 58.4 Å². The molecule has 6 rings (SSSR count). The lowest BCUT2D eigenvalue weighted by Gasteiger charge is -2.16. The van der Waals surface area contributed by atoms with Crippen LogP contribution in [0.4, 0.5) is 34.6 Å². The van der Waals surface area contributed by atoms with Gasteiger partial charge in [0.25, 0.3) is 30.4 Å². The van der Waals surface area contributed by atoms with Crippen molar-refractivity contribution in [3.63, 3.8) is 0 Å². The molecule has 19 nitrogen and oxygen atoms in total. The first kappa shape index (κ1) is 39.5. The van der Waals surface area contributed by atoms with E-state index in [4.69, 9.17) is 13.1 Å². The molecule has 0 aliphatic heterocycles. The van der Waals surface area contributed by atoms with Crippen LogP contribution in [0.3, 0.4) is 0 Å². The SMILES string of the molecule is COC(=O)c1ccc(Nc2ncnc(Nc3cc(S(=O)(=O)OC)cc4cc(CS(=O)(=O)O)c(N=Nc5ccc6ccccc6c5S(=O)(=O)OC)c(O)c34)n2)cc1. The number of benzene rings is 5. The lowest BCUT2D eigenvalue weighted by atomic mass is 10.0. The Morgan fingerprint density at radius 3 is 2.12 bits per heavy atom. The summed E-state index contributed by atoms with van der Waals surface area (Å²) in [4.78, 5) is 23.5. The van der Waals surface area contributed by atoms with E-state index in [1.54, 1.807) is 36.4 Å². The van der Waals surface area contributed by atoms with Gasteiger partial charge in [0.15, 0.2) is 5.75 Å². The third-order valence-electron chi connectivity index (χ3n) is 8.05. The average Bonchev–Trinajstić information content (AvgIpc) is 3.16. The Morgan fingerprint density at radius 2 is 1.46 bits per heavy atom. The number of nitrogens with zero attached hydrogens (tertiary/aromatic N) is 5. The van der Waals surface area contributed by atoms with Crippen molar-refractivity contribution in [3.8, 4) is 5.75 Å². The first-order valence-electron chi connectivity index (χ1n) is 15.8. The molecule has 1 aromatic heterocycles. The van der Waals surface area contributed by atoms with Gasteiger partial charge in [0.05, 0.1) is 37.5 Å². The van der Waals surface area contributed by atoms with Crippen molar-refractivity contribution in [1.82, 2.24) is 15.0 Å². The van der Waals surface area contributed by atoms with E-state index >= 15 is 0 Å². The second kappa shape index (κ2) is 15.5. The van der Waals surface area contributed by atoms with E-state index in [9.17, 15) is 39.7 Å². The summed E-state index contributed by atoms with van der Waals surface area (Å²) in [5, 5.41) is 26.2. The predicted molar refractivity (Wildman–Crippen MR) is 202 cm³/mol. The number of azo groups is 1. The highest BCUT2D eigenvalue weighted by atomic mass is 32.2. The van der Waals surface area contributed by atoms with Crippen LogP contribution in [-0.4, -0.2) is 77.2 Å². The third kappa shape index (κ3) is 8.39. The van der Waals surface area contributed by atoms with Gasteiger partial charge in [0.1, 0.15) is 28.4 Å². The van der Waals surface area contributed by atoms with Gasteiger partial charge in [-0.2, -0.15) is 30.2 Å². The van der Waals surface area contributed by atoms with Crippen molar-refractivity contribution in [2.75, 3.05) is 32.0 Å². The minimum absolute atomic E-state index is 0.00430. The Labute approximate surface area is 319 Å². The number of anilines is 4. The van der Waals surface area contributed by atoms with Gasteiger partial charge in [-0.3, -0.25) is 12.9 Å². The number of hydrogen-bond acceptors (Lipinski definition) is 18. The number of methoxy groups -OCH3 is 1. The second-order valence-corrected chi connectivity index (χ2v) is 16.4. The maximum absolute atomic E-state index is 13.1. The van der Waals surface area contributed by atoms with Gasteiger partial charge >= 0.3 is 5.97 Å². The standard InChI is InChI=1S/C34H29N7O12S3/c1-51-32(43)20-8-11-23(12-9-20)37-33-35-18-36-34(39-33)38-27-16-24(55(47,48)52-2)15-21-14-22(17-54(44,45)46)29(30(42)28(21)27)41-40-26-13-10-19-6-4-5-7-25(19)31(26)56(49,50)53-3/h4-16,18,42H,17H2,1-3H3,(H,44,45,46)(H2,35,36,37,38,39). The number of carbonyl (C=O) groups is 1. The minimum atomic E-state index is -4.82. The van der Waals surface area contributed by atoms with E-state index in [-0.39, 0.29) is 49.9 Å². The topological polar surface area (TPSA) is 275 Å². The molecule has 6 aromatic rings. The van der Waals surface area contributed by atoms with Gasteiger partial charge in [-0.15, -0.1) is 10.2 Å². The Bertz CT molecular complexity index is 2890. The molecule has 4 N–H and O–H groups in total. The molecule has 5 aromatic carbocycles. The number of aromatic hydroxyl groups is 1. The molecule has 0 radical (unpaired) electrons. The second-order valence-electron chi connectivity index (χ2n) is 11.6. The molecule has 0 aliphatic rings. The predicted octanol–water partition coefficient (Wildman–Crippen LogP) is 5.63. The van der Waals surface area contributed by atoms with E-state index in [2.05, 4.69) is 35.8 Å². The molecular weight excluding hydrogens is 795 g/mol. The molecule has 0 amide bonds. The molecule has 0 atom stereocenters. The summed E-state index contributed by atoms with van der Waals surface area (Å²) in [5.74, 6) is -2.59. The number of phenolic OH excluding ortho intramolecular Hbond substituents is 1. The summed E-state index contributed by atoms with van der Waals surface area (Å²) in [6, 6.07) is 18.8. The summed E-state index contributed by atoms with van der Waals surface area (Å²) in [6.07, 6.45) is 1.12. The highest BCUT2D eigenvalue weighted by Crippen LogP contribution is 2.45. The Hall–Kier alpha value is -6.17. The molecule has 1 heterocycles. The molecule has 0 unspecified atom stereocenters. The molecule has 0 saturated carbocycles. The normalized spacial score (nSPS) is 12.3. The highest BCUT2D eigenvalue weighted by Gasteiger charge is 2.26. The van der Waals surface area contributed by atoms with Crippen LogP contribution >= 0.6 is 0 Å². The molecule has 56 heavy (non-hydrogen) atoms. The van der Waals surface area contributed by atoms with Gasteiger partial charge in [-0.1, -0.05) is 30.3 Å². The number of carbonyl (C=O) groups excluding carboxylic acids is 1. The number of ether oxygens (including phenoxy) is 1. The lowest BCUT2D eigenvalue weighted by molar-refractivity contribution is 0.0600. The minimum Gasteiger partial charge on any atom is -0.505 e. The monoisotopic (exact) mass is 823 g/mol. The fraction of sp³-hybridized carbons (Fsp3) is 0.118. The smallest absolute Gasteiger partial charge is 0.337 e. The lowest BCUT2D eigenvalue weighted by Crippen LogP contribution is -2.07. The summed E-state index contributed by atoms with van der Waals surface area (Å²) in [5.41, 5.74) is -0.500. The first-order valence-corrected chi connectivity index (χ1v) is 20.2. The van der Waals surface area contributed by atoms with E-state index in [1.807, 2.05) is 0 Å². The zero-order valence-electron chi connectivity index (χ0n) is 29.2. The highest BCUT2D eigenvalue weighted by molar-refractivity contribution is 7.87. The van der Waals surface area contributed by atoms with Crippen LogP contribution in [0.25, 0.3) is 21.5 Å². The number of fused-ring (bicyclic) bond motifs is 2. The van der Waals surface area contributed by atoms with Crippen LogP contribution in [0.15, 0.2) is 105 Å². The van der Waals surface area contributed by atoms with Crippen LogP contribution in [-0.2, 0) is 49.2 Å². The molecule has 0 spiro atoms. The maximum Gasteiger partial charge on any atom is 0.337 e. The molecular formula is C34H29N7O12S3. The van der Waals surface area contributed by atoms with Crippen molar-refractivity contribution in [2.45, 2.75) is 15.5 Å². The fourth-order valence-corrected chi connectivity index (χ4v) is 7.86. The first-order chi connectivity index (χ1) is 26.5. The van der Waals surface area contributed by atoms with Gasteiger partial charge in [0, 0.05) is 22.0 Å². The summed E-state index contributed by atoms with van der Waals surface area (Å²) in [7, 11) is -10.5. The number of phenols is 1. The third-order valence-corrected chi connectivity index (χ3v) is 11.3. The number of hydrogen-bond donors (Lipinski definition) is 4. The number of rotatable bonds is 13. The Balaban J connectivity index is 1.51. The van der Waals surface area contributed by atoms with Crippen molar-refractivity contribution >= 4 is 92.5 Å². The Kier molecular flexibility index (Phi) is 11.0. The van der Waals surface area contributed by atoms with E-state index in [1.165, 1.54) is 31.4 Å². The number of nitrogens with one attached hydrogen (secondary N) is 2. The Morgan fingerprint density at radius 1 is 0.786 bits per heavy atom. The van der Waals surface area contributed by atoms with E-state index in [0.29, 0.717) is 16.6 Å². The van der Waals surface area contributed by atoms with Crippen molar-refractivity contribution in [1.29, 1.82) is 0 Å². The molecule has 290 valence electrons.